The Bertz CT molecular complexity index is 353. The van der Waals surface area contributed by atoms with E-state index in [1.54, 1.807) is 0 Å². The van der Waals surface area contributed by atoms with Gasteiger partial charge in [-0.1, -0.05) is 11.5 Å². The fourth-order valence-electron chi connectivity index (χ4n) is 2.99. The number of rotatable bonds is 3. The van der Waals surface area contributed by atoms with E-state index in [-0.39, 0.29) is 0 Å². The zero-order valence-corrected chi connectivity index (χ0v) is 9.65. The van der Waals surface area contributed by atoms with E-state index in [9.17, 15) is 0 Å². The molecule has 0 radical (unpaired) electrons. The molecule has 1 saturated heterocycles. The number of anilines is 1. The highest BCUT2D eigenvalue weighted by atomic mass is 16.4. The van der Waals surface area contributed by atoms with Crippen LogP contribution in [0.4, 0.5) is 6.01 Å². The van der Waals surface area contributed by atoms with E-state index in [1.165, 1.54) is 19.3 Å². The molecule has 2 aliphatic rings. The van der Waals surface area contributed by atoms with Crippen LogP contribution in [0.25, 0.3) is 0 Å². The molecule has 0 aromatic carbocycles. The van der Waals surface area contributed by atoms with Gasteiger partial charge in [-0.05, 0) is 31.7 Å². The molecule has 5 heteroatoms. The van der Waals surface area contributed by atoms with Gasteiger partial charge in [0.2, 0.25) is 5.89 Å². The summed E-state index contributed by atoms with van der Waals surface area (Å²) in [6.45, 7) is 2.85. The van der Waals surface area contributed by atoms with Crippen LogP contribution in [-0.4, -0.2) is 30.3 Å². The first kappa shape index (κ1) is 10.1. The molecule has 0 bridgehead atoms. The fraction of sp³-hybridized carbons (Fsp3) is 0.818. The van der Waals surface area contributed by atoms with Crippen LogP contribution < -0.4 is 10.2 Å². The molecule has 88 valence electrons. The quantitative estimate of drug-likeness (QED) is 0.827. The van der Waals surface area contributed by atoms with E-state index in [0.717, 1.165) is 24.9 Å². The first-order valence-corrected chi connectivity index (χ1v) is 6.08. The molecule has 2 fully saturated rings. The number of hydrogen-bond donors (Lipinski definition) is 1. The molecule has 1 aliphatic carbocycles. The summed E-state index contributed by atoms with van der Waals surface area (Å²) in [4.78, 5) is 2.25. The van der Waals surface area contributed by atoms with Crippen molar-refractivity contribution in [3.8, 4) is 0 Å². The first-order chi connectivity index (χ1) is 7.86. The number of hydrogen-bond acceptors (Lipinski definition) is 5. The van der Waals surface area contributed by atoms with E-state index in [2.05, 4.69) is 20.4 Å². The lowest BCUT2D eigenvalue weighted by Gasteiger charge is -2.12. The van der Waals surface area contributed by atoms with Gasteiger partial charge in [-0.3, -0.25) is 0 Å². The topological polar surface area (TPSA) is 54.2 Å². The summed E-state index contributed by atoms with van der Waals surface area (Å²) in [5.74, 6) is 2.40. The summed E-state index contributed by atoms with van der Waals surface area (Å²) in [5, 5.41) is 11.1. The van der Waals surface area contributed by atoms with Crippen molar-refractivity contribution in [1.82, 2.24) is 15.5 Å². The van der Waals surface area contributed by atoms with Gasteiger partial charge in [0.25, 0.3) is 0 Å². The van der Waals surface area contributed by atoms with Gasteiger partial charge >= 0.3 is 6.01 Å². The lowest BCUT2D eigenvalue weighted by atomic mass is 10.0. The summed E-state index contributed by atoms with van der Waals surface area (Å²) in [6.07, 6.45) is 4.15. The van der Waals surface area contributed by atoms with Gasteiger partial charge < -0.3 is 14.6 Å². The predicted octanol–water partition coefficient (Wildman–Crippen LogP) is 1.03. The third-order valence-corrected chi connectivity index (χ3v) is 3.78. The molecule has 1 saturated carbocycles. The Balaban J connectivity index is 1.68. The molecule has 5 nitrogen and oxygen atoms in total. The third kappa shape index (κ3) is 1.69. The highest BCUT2D eigenvalue weighted by Crippen LogP contribution is 2.39. The number of fused-ring (bicyclic) bond motifs is 1. The average molecular weight is 222 g/mol. The predicted molar refractivity (Wildman–Crippen MR) is 60.1 cm³/mol. The van der Waals surface area contributed by atoms with Gasteiger partial charge in [-0.2, -0.15) is 0 Å². The summed E-state index contributed by atoms with van der Waals surface area (Å²) < 4.78 is 5.61. The molecule has 2 unspecified atom stereocenters. The smallest absolute Gasteiger partial charge is 0.318 e. The number of aromatic nitrogens is 2. The van der Waals surface area contributed by atoms with Gasteiger partial charge in [0.1, 0.15) is 0 Å². The fourth-order valence-corrected chi connectivity index (χ4v) is 2.99. The standard InChI is InChI=1S/C11H18N4O/c1-12-5-10-13-14-11(16-10)15-6-8-3-2-4-9(8)7-15/h8-9,12H,2-7H2,1H3. The summed E-state index contributed by atoms with van der Waals surface area (Å²) >= 11 is 0. The number of nitrogens with zero attached hydrogens (tertiary/aromatic N) is 3. The molecule has 1 aromatic rings. The maximum Gasteiger partial charge on any atom is 0.318 e. The highest BCUT2D eigenvalue weighted by molar-refractivity contribution is 5.27. The minimum Gasteiger partial charge on any atom is -0.407 e. The van der Waals surface area contributed by atoms with Crippen molar-refractivity contribution in [1.29, 1.82) is 0 Å². The normalized spacial score (nSPS) is 28.7. The first-order valence-electron chi connectivity index (χ1n) is 6.08. The minimum absolute atomic E-state index is 0.647. The van der Waals surface area contributed by atoms with Gasteiger partial charge in [0.15, 0.2) is 0 Å². The minimum atomic E-state index is 0.647. The Morgan fingerprint density at radius 1 is 1.31 bits per heavy atom. The van der Waals surface area contributed by atoms with E-state index in [0.29, 0.717) is 18.5 Å². The average Bonchev–Trinajstić information content (AvgIpc) is 2.88. The molecule has 16 heavy (non-hydrogen) atoms. The maximum atomic E-state index is 5.61. The summed E-state index contributed by atoms with van der Waals surface area (Å²) in [5.41, 5.74) is 0. The van der Waals surface area contributed by atoms with Gasteiger partial charge in [-0.25, -0.2) is 0 Å². The maximum absolute atomic E-state index is 5.61. The molecule has 0 amide bonds. The van der Waals surface area contributed by atoms with Crippen LogP contribution in [0, 0.1) is 11.8 Å². The van der Waals surface area contributed by atoms with Crippen LogP contribution in [0.5, 0.6) is 0 Å². The third-order valence-electron chi connectivity index (χ3n) is 3.78. The van der Waals surface area contributed by atoms with E-state index in [4.69, 9.17) is 4.42 Å². The number of nitrogens with one attached hydrogen (secondary N) is 1. The van der Waals surface area contributed by atoms with Crippen molar-refractivity contribution in [2.45, 2.75) is 25.8 Å². The molecule has 1 aromatic heterocycles. The van der Waals surface area contributed by atoms with Crippen LogP contribution in [-0.2, 0) is 6.54 Å². The van der Waals surface area contributed by atoms with Gasteiger partial charge in [0.05, 0.1) is 6.54 Å². The molecule has 2 heterocycles. The molecular formula is C11H18N4O. The molecule has 0 spiro atoms. The zero-order chi connectivity index (χ0) is 11.0. The molecule has 1 N–H and O–H groups in total. The molecule has 2 atom stereocenters. The Morgan fingerprint density at radius 2 is 2.06 bits per heavy atom. The second-order valence-corrected chi connectivity index (χ2v) is 4.86. The van der Waals surface area contributed by atoms with Gasteiger partial charge in [-0.15, -0.1) is 5.10 Å². The van der Waals surface area contributed by atoms with Crippen LogP contribution >= 0.6 is 0 Å². The Kier molecular flexibility index (Phi) is 2.55. The van der Waals surface area contributed by atoms with Crippen molar-refractivity contribution < 1.29 is 4.42 Å². The second kappa shape index (κ2) is 4.05. The van der Waals surface area contributed by atoms with Crippen molar-refractivity contribution in [3.05, 3.63) is 5.89 Å². The van der Waals surface area contributed by atoms with Gasteiger partial charge in [0, 0.05) is 13.1 Å². The van der Waals surface area contributed by atoms with Crippen molar-refractivity contribution in [3.63, 3.8) is 0 Å². The molecule has 3 rings (SSSR count). The van der Waals surface area contributed by atoms with Crippen molar-refractivity contribution in [2.24, 2.45) is 11.8 Å². The Morgan fingerprint density at radius 3 is 2.75 bits per heavy atom. The molecule has 1 aliphatic heterocycles. The Labute approximate surface area is 95.2 Å². The van der Waals surface area contributed by atoms with E-state index < -0.39 is 0 Å². The van der Waals surface area contributed by atoms with Crippen LogP contribution in [0.1, 0.15) is 25.2 Å². The monoisotopic (exact) mass is 222 g/mol. The van der Waals surface area contributed by atoms with Crippen LogP contribution in [0.15, 0.2) is 4.42 Å². The van der Waals surface area contributed by atoms with E-state index >= 15 is 0 Å². The Hall–Kier alpha value is -1.10. The van der Waals surface area contributed by atoms with Crippen LogP contribution in [0.2, 0.25) is 0 Å². The largest absolute Gasteiger partial charge is 0.407 e. The SMILES string of the molecule is CNCc1nnc(N2CC3CCCC3C2)o1. The van der Waals surface area contributed by atoms with Crippen molar-refractivity contribution >= 4 is 6.01 Å². The van der Waals surface area contributed by atoms with Crippen LogP contribution in [0.3, 0.4) is 0 Å². The summed E-state index contributed by atoms with van der Waals surface area (Å²) in [7, 11) is 1.88. The highest BCUT2D eigenvalue weighted by Gasteiger charge is 2.37. The van der Waals surface area contributed by atoms with Crippen molar-refractivity contribution in [2.75, 3.05) is 25.0 Å². The molecular weight excluding hydrogens is 204 g/mol. The second-order valence-electron chi connectivity index (χ2n) is 4.86. The lowest BCUT2D eigenvalue weighted by molar-refractivity contribution is 0.473. The summed E-state index contributed by atoms with van der Waals surface area (Å²) in [6, 6.07) is 0.708. The van der Waals surface area contributed by atoms with E-state index in [1.807, 2.05) is 7.05 Å². The lowest BCUT2D eigenvalue weighted by Crippen LogP contribution is -2.20. The zero-order valence-electron chi connectivity index (χ0n) is 9.65.